The van der Waals surface area contributed by atoms with E-state index in [1.165, 1.54) is 62.5 Å². The number of fused-ring (bicyclic) bond motifs is 1. The topological polar surface area (TPSA) is 43.4 Å². The molecule has 0 radical (unpaired) electrons. The van der Waals surface area contributed by atoms with E-state index in [1.807, 2.05) is 0 Å². The Balaban J connectivity index is 1.73. The lowest BCUT2D eigenvalue weighted by molar-refractivity contribution is -0.153. The minimum absolute atomic E-state index is 0.177. The molecule has 0 bridgehead atoms. The van der Waals surface area contributed by atoms with E-state index in [4.69, 9.17) is 4.74 Å². The molecule has 0 N–H and O–H groups in total. The summed E-state index contributed by atoms with van der Waals surface area (Å²) in [6.07, 6.45) is 14.3. The molecule has 3 nitrogen and oxygen atoms in total. The van der Waals surface area contributed by atoms with Gasteiger partial charge in [0.15, 0.2) is 0 Å². The first-order valence-corrected chi connectivity index (χ1v) is 8.71. The monoisotopic (exact) mass is 290 g/mol. The fourth-order valence-electron chi connectivity index (χ4n) is 4.14. The van der Waals surface area contributed by atoms with Crippen LogP contribution in [0.15, 0.2) is 11.1 Å². The van der Waals surface area contributed by atoms with Gasteiger partial charge in [0.2, 0.25) is 0 Å². The van der Waals surface area contributed by atoms with Gasteiger partial charge in [0.25, 0.3) is 0 Å². The van der Waals surface area contributed by atoms with Crippen LogP contribution in [0.2, 0.25) is 0 Å². The predicted octanol–water partition coefficient (Wildman–Crippen LogP) is 4.31. The van der Waals surface area contributed by atoms with Gasteiger partial charge in [0, 0.05) is 0 Å². The van der Waals surface area contributed by atoms with Crippen molar-refractivity contribution in [3.8, 4) is 0 Å². The molecule has 0 spiro atoms. The van der Waals surface area contributed by atoms with E-state index in [1.54, 1.807) is 0 Å². The highest BCUT2D eigenvalue weighted by molar-refractivity contribution is 5.97. The first kappa shape index (κ1) is 14.8. The minimum Gasteiger partial charge on any atom is -0.393 e. The second-order valence-corrected chi connectivity index (χ2v) is 6.90. The Kier molecular flexibility index (Phi) is 4.77. The number of cyclic esters (lactones) is 2. The van der Waals surface area contributed by atoms with Crippen molar-refractivity contribution in [3.63, 3.8) is 0 Å². The number of hydrogen-bond donors (Lipinski definition) is 0. The Hall–Kier alpha value is -1.12. The van der Waals surface area contributed by atoms with E-state index in [9.17, 15) is 9.59 Å². The van der Waals surface area contributed by atoms with E-state index in [0.29, 0.717) is 0 Å². The lowest BCUT2D eigenvalue weighted by Gasteiger charge is -2.27. The van der Waals surface area contributed by atoms with Gasteiger partial charge in [-0.05, 0) is 38.5 Å². The Labute approximate surface area is 127 Å². The molecule has 0 aromatic heterocycles. The summed E-state index contributed by atoms with van der Waals surface area (Å²) in [6.45, 7) is 0. The van der Waals surface area contributed by atoms with Crippen LogP contribution in [0, 0.1) is 11.8 Å². The molecule has 3 aliphatic rings. The van der Waals surface area contributed by atoms with Gasteiger partial charge in [-0.25, -0.2) is 0 Å². The largest absolute Gasteiger partial charge is 0.393 e. The molecular weight excluding hydrogens is 264 g/mol. The van der Waals surface area contributed by atoms with Crippen molar-refractivity contribution in [1.82, 2.24) is 0 Å². The maximum absolute atomic E-state index is 11.8. The molecule has 1 heterocycles. The second kappa shape index (κ2) is 6.76. The highest BCUT2D eigenvalue weighted by Crippen LogP contribution is 2.43. The van der Waals surface area contributed by atoms with Crippen molar-refractivity contribution < 1.29 is 14.3 Å². The zero-order valence-corrected chi connectivity index (χ0v) is 12.9. The summed E-state index contributed by atoms with van der Waals surface area (Å²) in [5, 5.41) is 0. The minimum atomic E-state index is -0.275. The summed E-state index contributed by atoms with van der Waals surface area (Å²) in [6, 6.07) is 0. The molecule has 0 saturated carbocycles. The van der Waals surface area contributed by atoms with Crippen LogP contribution in [0.4, 0.5) is 0 Å². The maximum atomic E-state index is 11.8. The van der Waals surface area contributed by atoms with Crippen LogP contribution in [0.5, 0.6) is 0 Å². The highest BCUT2D eigenvalue weighted by Gasteiger charge is 2.46. The molecule has 2 unspecified atom stereocenters. The fourth-order valence-corrected chi connectivity index (χ4v) is 4.14. The molecule has 2 atom stereocenters. The first-order chi connectivity index (χ1) is 10.3. The molecule has 0 aromatic carbocycles. The lowest BCUT2D eigenvalue weighted by atomic mass is 9.74. The second-order valence-electron chi connectivity index (χ2n) is 6.90. The summed E-state index contributed by atoms with van der Waals surface area (Å²) >= 11 is 0. The predicted molar refractivity (Wildman–Crippen MR) is 80.5 cm³/mol. The number of esters is 2. The molecule has 0 aromatic rings. The average Bonchev–Trinajstić information content (AvgIpc) is 2.73. The van der Waals surface area contributed by atoms with Gasteiger partial charge in [0.05, 0.1) is 11.8 Å². The van der Waals surface area contributed by atoms with E-state index < -0.39 is 0 Å². The molecule has 0 amide bonds. The van der Waals surface area contributed by atoms with Gasteiger partial charge in [-0.15, -0.1) is 0 Å². The van der Waals surface area contributed by atoms with Crippen LogP contribution in [0.1, 0.15) is 77.0 Å². The molecule has 1 fully saturated rings. The first-order valence-electron chi connectivity index (χ1n) is 8.71. The Morgan fingerprint density at radius 2 is 1.00 bits per heavy atom. The van der Waals surface area contributed by atoms with Gasteiger partial charge >= 0.3 is 11.9 Å². The standard InChI is InChI=1S/C18H26O3/c19-17-15-11-13-9-7-5-3-1-2-4-6-8-10-14(13)12-16(15)18(20)21-17/h15-16H,1-12H2. The van der Waals surface area contributed by atoms with Gasteiger partial charge < -0.3 is 4.74 Å². The number of carbonyl (C=O) groups is 2. The maximum Gasteiger partial charge on any atom is 0.317 e. The summed E-state index contributed by atoms with van der Waals surface area (Å²) in [5.74, 6) is -0.904. The Morgan fingerprint density at radius 1 is 0.619 bits per heavy atom. The third-order valence-corrected chi connectivity index (χ3v) is 5.43. The van der Waals surface area contributed by atoms with Gasteiger partial charge in [-0.3, -0.25) is 9.59 Å². The molecule has 21 heavy (non-hydrogen) atoms. The highest BCUT2D eigenvalue weighted by atomic mass is 16.6. The Morgan fingerprint density at radius 3 is 1.43 bits per heavy atom. The quantitative estimate of drug-likeness (QED) is 0.379. The number of hydrogen-bond acceptors (Lipinski definition) is 3. The third-order valence-electron chi connectivity index (χ3n) is 5.43. The van der Waals surface area contributed by atoms with Crippen molar-refractivity contribution in [2.75, 3.05) is 0 Å². The summed E-state index contributed by atoms with van der Waals surface area (Å²) in [7, 11) is 0. The molecule has 1 aliphatic heterocycles. The van der Waals surface area contributed by atoms with Crippen molar-refractivity contribution >= 4 is 11.9 Å². The Bertz CT molecular complexity index is 409. The van der Waals surface area contributed by atoms with Crippen molar-refractivity contribution in [2.45, 2.75) is 77.0 Å². The van der Waals surface area contributed by atoms with Crippen LogP contribution in [0.3, 0.4) is 0 Å². The van der Waals surface area contributed by atoms with E-state index in [-0.39, 0.29) is 23.8 Å². The summed E-state index contributed by atoms with van der Waals surface area (Å²) in [5.41, 5.74) is 2.95. The molecule has 1 saturated heterocycles. The van der Waals surface area contributed by atoms with E-state index >= 15 is 0 Å². The third kappa shape index (κ3) is 3.38. The van der Waals surface area contributed by atoms with Gasteiger partial charge in [0.1, 0.15) is 0 Å². The molecule has 3 rings (SSSR count). The number of allylic oxidation sites excluding steroid dienone is 2. The number of carbonyl (C=O) groups excluding carboxylic acids is 2. The van der Waals surface area contributed by atoms with Crippen molar-refractivity contribution in [2.24, 2.45) is 11.8 Å². The fraction of sp³-hybridized carbons (Fsp3) is 0.778. The zero-order valence-electron chi connectivity index (χ0n) is 12.9. The van der Waals surface area contributed by atoms with Crippen LogP contribution in [0.25, 0.3) is 0 Å². The lowest BCUT2D eigenvalue weighted by Crippen LogP contribution is -2.24. The van der Waals surface area contributed by atoms with Gasteiger partial charge in [-0.2, -0.15) is 0 Å². The summed E-state index contributed by atoms with van der Waals surface area (Å²) in [4.78, 5) is 23.6. The van der Waals surface area contributed by atoms with Crippen molar-refractivity contribution in [1.29, 1.82) is 0 Å². The normalized spacial score (nSPS) is 31.8. The smallest absolute Gasteiger partial charge is 0.317 e. The van der Waals surface area contributed by atoms with Crippen LogP contribution >= 0.6 is 0 Å². The molecule has 3 heteroatoms. The van der Waals surface area contributed by atoms with E-state index in [2.05, 4.69) is 0 Å². The number of ether oxygens (including phenoxy) is 1. The SMILES string of the molecule is O=C1OC(=O)C2CC3=C(CCCCCCCCCC3)CC12. The number of rotatable bonds is 0. The molecule has 2 aliphatic carbocycles. The summed E-state index contributed by atoms with van der Waals surface area (Å²) < 4.78 is 4.86. The van der Waals surface area contributed by atoms with Gasteiger partial charge in [-0.1, -0.05) is 49.7 Å². The average molecular weight is 290 g/mol. The van der Waals surface area contributed by atoms with Crippen LogP contribution in [-0.4, -0.2) is 11.9 Å². The van der Waals surface area contributed by atoms with Crippen LogP contribution in [-0.2, 0) is 14.3 Å². The van der Waals surface area contributed by atoms with Crippen molar-refractivity contribution in [3.05, 3.63) is 11.1 Å². The van der Waals surface area contributed by atoms with E-state index in [0.717, 1.165) is 25.7 Å². The zero-order chi connectivity index (χ0) is 14.7. The van der Waals surface area contributed by atoms with Crippen LogP contribution < -0.4 is 0 Å². The molecule has 116 valence electrons. The molecular formula is C18H26O3.